The number of para-hydroxylation sites is 1. The fraction of sp³-hybridized carbons (Fsp3) is 0.455. The summed E-state index contributed by atoms with van der Waals surface area (Å²) in [6, 6.07) is 5.10. The van der Waals surface area contributed by atoms with Crippen LogP contribution in [0.1, 0.15) is 12.5 Å². The van der Waals surface area contributed by atoms with Gasteiger partial charge in [-0.25, -0.2) is 0 Å². The van der Waals surface area contributed by atoms with Gasteiger partial charge in [-0.3, -0.25) is 0 Å². The van der Waals surface area contributed by atoms with Crippen LogP contribution in [0.2, 0.25) is 0 Å². The molecule has 0 atom stereocenters. The third kappa shape index (κ3) is 3.05. The molecule has 5 heteroatoms. The van der Waals surface area contributed by atoms with Gasteiger partial charge < -0.3 is 10.6 Å². The molecule has 90 valence electrons. The molecule has 0 saturated carbocycles. The van der Waals surface area contributed by atoms with E-state index in [1.54, 1.807) is 32.0 Å². The summed E-state index contributed by atoms with van der Waals surface area (Å²) in [5, 5.41) is 0. The lowest BCUT2D eigenvalue weighted by Crippen LogP contribution is -2.34. The number of alkyl halides is 3. The first-order chi connectivity index (χ1) is 7.35. The summed E-state index contributed by atoms with van der Waals surface area (Å²) in [7, 11) is 0. The molecule has 0 aliphatic rings. The summed E-state index contributed by atoms with van der Waals surface area (Å²) in [6.07, 6.45) is -4.22. The van der Waals surface area contributed by atoms with Crippen LogP contribution in [0.3, 0.4) is 0 Å². The van der Waals surface area contributed by atoms with Gasteiger partial charge in [-0.1, -0.05) is 12.1 Å². The van der Waals surface area contributed by atoms with Crippen molar-refractivity contribution < 1.29 is 13.2 Å². The predicted molar refractivity (Wildman–Crippen MR) is 59.5 cm³/mol. The van der Waals surface area contributed by atoms with E-state index in [1.807, 2.05) is 0 Å². The van der Waals surface area contributed by atoms with Gasteiger partial charge in [0.05, 0.1) is 11.4 Å². The van der Waals surface area contributed by atoms with Crippen LogP contribution in [0.4, 0.5) is 24.5 Å². The predicted octanol–water partition coefficient (Wildman–Crippen LogP) is 2.97. The van der Waals surface area contributed by atoms with Gasteiger partial charge in [-0.05, 0) is 25.5 Å². The van der Waals surface area contributed by atoms with E-state index in [9.17, 15) is 13.2 Å². The quantitative estimate of drug-likeness (QED) is 0.812. The number of hydrogen-bond donors (Lipinski definition) is 1. The molecule has 0 aromatic heterocycles. The standard InChI is InChI=1S/C11H15F3N2/c1-3-16(7-11(12,13)14)9-6-4-5-8(2)10(9)15/h4-6H,3,7,15H2,1-2H3. The van der Waals surface area contributed by atoms with Gasteiger partial charge in [0.15, 0.2) is 0 Å². The van der Waals surface area contributed by atoms with Crippen LogP contribution in [-0.2, 0) is 0 Å². The third-order valence-corrected chi connectivity index (χ3v) is 2.39. The Balaban J connectivity index is 3.00. The zero-order valence-electron chi connectivity index (χ0n) is 9.30. The molecular weight excluding hydrogens is 217 g/mol. The Labute approximate surface area is 92.9 Å². The van der Waals surface area contributed by atoms with Crippen LogP contribution in [0, 0.1) is 6.92 Å². The van der Waals surface area contributed by atoms with E-state index < -0.39 is 12.7 Å². The molecule has 0 heterocycles. The average Bonchev–Trinajstić information content (AvgIpc) is 2.18. The van der Waals surface area contributed by atoms with E-state index in [1.165, 1.54) is 4.90 Å². The summed E-state index contributed by atoms with van der Waals surface area (Å²) < 4.78 is 37.0. The summed E-state index contributed by atoms with van der Waals surface area (Å²) in [6.45, 7) is 2.75. The SMILES string of the molecule is CCN(CC(F)(F)F)c1cccc(C)c1N. The van der Waals surface area contributed by atoms with Crippen molar-refractivity contribution in [3.05, 3.63) is 23.8 Å². The molecule has 1 rings (SSSR count). The number of halogens is 3. The van der Waals surface area contributed by atoms with Crippen LogP contribution < -0.4 is 10.6 Å². The molecule has 0 unspecified atom stereocenters. The lowest BCUT2D eigenvalue weighted by molar-refractivity contribution is -0.119. The van der Waals surface area contributed by atoms with Crippen molar-refractivity contribution in [3.8, 4) is 0 Å². The Bertz CT molecular complexity index is 361. The Morgan fingerprint density at radius 1 is 1.31 bits per heavy atom. The minimum atomic E-state index is -4.22. The first-order valence-corrected chi connectivity index (χ1v) is 5.02. The van der Waals surface area contributed by atoms with Crippen molar-refractivity contribution in [2.75, 3.05) is 23.7 Å². The largest absolute Gasteiger partial charge is 0.405 e. The van der Waals surface area contributed by atoms with Gasteiger partial charge in [0.25, 0.3) is 0 Å². The number of anilines is 2. The number of nitrogens with zero attached hydrogens (tertiary/aromatic N) is 1. The topological polar surface area (TPSA) is 29.3 Å². The number of hydrogen-bond acceptors (Lipinski definition) is 2. The molecule has 0 aliphatic heterocycles. The maximum atomic E-state index is 12.3. The zero-order chi connectivity index (χ0) is 12.3. The lowest BCUT2D eigenvalue weighted by atomic mass is 10.1. The van der Waals surface area contributed by atoms with E-state index in [0.29, 0.717) is 11.4 Å². The van der Waals surface area contributed by atoms with Crippen molar-refractivity contribution >= 4 is 11.4 Å². The summed E-state index contributed by atoms with van der Waals surface area (Å²) in [5.74, 6) is 0. The highest BCUT2D eigenvalue weighted by Crippen LogP contribution is 2.28. The van der Waals surface area contributed by atoms with E-state index >= 15 is 0 Å². The van der Waals surface area contributed by atoms with Gasteiger partial charge >= 0.3 is 6.18 Å². The molecule has 0 aliphatic carbocycles. The molecule has 0 amide bonds. The highest BCUT2D eigenvalue weighted by atomic mass is 19.4. The molecule has 1 aromatic rings. The summed E-state index contributed by atoms with van der Waals surface area (Å²) >= 11 is 0. The van der Waals surface area contributed by atoms with Crippen LogP contribution in [0.15, 0.2) is 18.2 Å². The fourth-order valence-electron chi connectivity index (χ4n) is 1.52. The van der Waals surface area contributed by atoms with Crippen LogP contribution in [0.5, 0.6) is 0 Å². The lowest BCUT2D eigenvalue weighted by Gasteiger charge is -2.26. The molecule has 0 radical (unpaired) electrons. The van der Waals surface area contributed by atoms with Gasteiger partial charge in [0.2, 0.25) is 0 Å². The monoisotopic (exact) mass is 232 g/mol. The molecule has 2 nitrogen and oxygen atoms in total. The van der Waals surface area contributed by atoms with Crippen molar-refractivity contribution in [3.63, 3.8) is 0 Å². The van der Waals surface area contributed by atoms with E-state index in [0.717, 1.165) is 5.56 Å². The van der Waals surface area contributed by atoms with E-state index in [4.69, 9.17) is 5.73 Å². The van der Waals surface area contributed by atoms with Crippen molar-refractivity contribution in [1.29, 1.82) is 0 Å². The van der Waals surface area contributed by atoms with Gasteiger partial charge in [-0.15, -0.1) is 0 Å². The van der Waals surface area contributed by atoms with E-state index in [-0.39, 0.29) is 6.54 Å². The van der Waals surface area contributed by atoms with Gasteiger partial charge in [-0.2, -0.15) is 13.2 Å². The normalized spacial score (nSPS) is 11.6. The molecule has 0 fully saturated rings. The Kier molecular flexibility index (Phi) is 3.67. The maximum Gasteiger partial charge on any atom is 0.405 e. The fourth-order valence-corrected chi connectivity index (χ4v) is 1.52. The molecule has 2 N–H and O–H groups in total. The minimum Gasteiger partial charge on any atom is -0.397 e. The maximum absolute atomic E-state index is 12.3. The minimum absolute atomic E-state index is 0.271. The van der Waals surface area contributed by atoms with Gasteiger partial charge in [0, 0.05) is 6.54 Å². The second-order valence-corrected chi connectivity index (χ2v) is 3.64. The second kappa shape index (κ2) is 4.63. The molecule has 0 bridgehead atoms. The number of nitrogen functional groups attached to an aromatic ring is 1. The van der Waals surface area contributed by atoms with Crippen LogP contribution >= 0.6 is 0 Å². The molecule has 1 aromatic carbocycles. The van der Waals surface area contributed by atoms with Gasteiger partial charge in [0.1, 0.15) is 6.54 Å². The second-order valence-electron chi connectivity index (χ2n) is 3.64. The summed E-state index contributed by atoms with van der Waals surface area (Å²) in [4.78, 5) is 1.22. The zero-order valence-corrected chi connectivity index (χ0v) is 9.30. The number of benzene rings is 1. The Morgan fingerprint density at radius 2 is 1.94 bits per heavy atom. The first kappa shape index (κ1) is 12.7. The smallest absolute Gasteiger partial charge is 0.397 e. The Hall–Kier alpha value is -1.39. The molecule has 16 heavy (non-hydrogen) atoms. The van der Waals surface area contributed by atoms with Crippen LogP contribution in [0.25, 0.3) is 0 Å². The molecular formula is C11H15F3N2. The van der Waals surface area contributed by atoms with Crippen LogP contribution in [-0.4, -0.2) is 19.3 Å². The average molecular weight is 232 g/mol. The third-order valence-electron chi connectivity index (χ3n) is 2.39. The van der Waals surface area contributed by atoms with E-state index in [2.05, 4.69) is 0 Å². The first-order valence-electron chi connectivity index (χ1n) is 5.02. The van der Waals surface area contributed by atoms with Crippen molar-refractivity contribution in [1.82, 2.24) is 0 Å². The Morgan fingerprint density at radius 3 is 2.44 bits per heavy atom. The van der Waals surface area contributed by atoms with Crippen molar-refractivity contribution in [2.45, 2.75) is 20.0 Å². The number of nitrogens with two attached hydrogens (primary N) is 1. The molecule has 0 saturated heterocycles. The van der Waals surface area contributed by atoms with Crippen molar-refractivity contribution in [2.24, 2.45) is 0 Å². The molecule has 0 spiro atoms. The highest BCUT2D eigenvalue weighted by Gasteiger charge is 2.30. The summed E-state index contributed by atoms with van der Waals surface area (Å²) in [5.41, 5.74) is 7.41. The number of rotatable bonds is 3. The number of aryl methyl sites for hydroxylation is 1. The highest BCUT2D eigenvalue weighted by molar-refractivity contribution is 5.70.